The first-order valence-corrected chi connectivity index (χ1v) is 7.98. The van der Waals surface area contributed by atoms with E-state index in [4.69, 9.17) is 4.74 Å². The summed E-state index contributed by atoms with van der Waals surface area (Å²) in [5.74, 6) is 2.23. The van der Waals surface area contributed by atoms with Crippen LogP contribution in [0.25, 0.3) is 0 Å². The third kappa shape index (κ3) is 2.91. The lowest BCUT2D eigenvalue weighted by Gasteiger charge is -2.35. The Morgan fingerprint density at radius 3 is 2.00 bits per heavy atom. The van der Waals surface area contributed by atoms with E-state index in [1.165, 1.54) is 38.5 Å². The highest BCUT2D eigenvalue weighted by molar-refractivity contribution is 4.94. The van der Waals surface area contributed by atoms with Crippen molar-refractivity contribution in [1.29, 1.82) is 0 Å². The second-order valence-electron chi connectivity index (χ2n) is 6.55. The molecule has 2 aliphatic rings. The van der Waals surface area contributed by atoms with Crippen LogP contribution in [0, 0.1) is 17.8 Å². The average Bonchev–Trinajstić information content (AvgIpc) is 2.58. The Morgan fingerprint density at radius 1 is 0.944 bits per heavy atom. The molecule has 0 radical (unpaired) electrons. The summed E-state index contributed by atoms with van der Waals surface area (Å²) in [6, 6.07) is 0.651. The summed E-state index contributed by atoms with van der Waals surface area (Å²) in [4.78, 5) is 0. The Labute approximate surface area is 113 Å². The first kappa shape index (κ1) is 14.3. The summed E-state index contributed by atoms with van der Waals surface area (Å²) >= 11 is 0. The molecule has 0 bridgehead atoms. The maximum atomic E-state index is 6.05. The van der Waals surface area contributed by atoms with Crippen molar-refractivity contribution < 1.29 is 4.74 Å². The normalized spacial score (nSPS) is 40.7. The molecule has 0 aromatic carbocycles. The van der Waals surface area contributed by atoms with Gasteiger partial charge in [-0.05, 0) is 45.6 Å². The van der Waals surface area contributed by atoms with E-state index in [0.29, 0.717) is 30.1 Å². The lowest BCUT2D eigenvalue weighted by molar-refractivity contribution is 0.0443. The van der Waals surface area contributed by atoms with Crippen molar-refractivity contribution in [2.45, 2.75) is 77.5 Å². The second kappa shape index (κ2) is 6.38. The fraction of sp³-hybridized carbons (Fsp3) is 1.00. The molecule has 1 N–H and O–H groups in total. The van der Waals surface area contributed by atoms with Crippen LogP contribution in [0.5, 0.6) is 0 Å². The van der Waals surface area contributed by atoms with Crippen molar-refractivity contribution in [2.24, 2.45) is 17.8 Å². The predicted molar refractivity (Wildman–Crippen MR) is 76.7 cm³/mol. The fourth-order valence-corrected chi connectivity index (χ4v) is 4.33. The van der Waals surface area contributed by atoms with Crippen molar-refractivity contribution in [2.75, 3.05) is 7.05 Å². The quantitative estimate of drug-likeness (QED) is 0.776. The monoisotopic (exact) mass is 253 g/mol. The summed E-state index contributed by atoms with van der Waals surface area (Å²) in [5.41, 5.74) is 0. The third-order valence-corrected chi connectivity index (χ3v) is 5.47. The highest BCUT2D eigenvalue weighted by Crippen LogP contribution is 2.39. The van der Waals surface area contributed by atoms with Crippen LogP contribution < -0.4 is 5.32 Å². The maximum Gasteiger partial charge on any atom is 0.0597 e. The maximum absolute atomic E-state index is 6.05. The average molecular weight is 253 g/mol. The molecule has 106 valence electrons. The smallest absolute Gasteiger partial charge is 0.0597 e. The van der Waals surface area contributed by atoms with Crippen molar-refractivity contribution >= 4 is 0 Å². The lowest BCUT2D eigenvalue weighted by atomic mass is 9.75. The van der Waals surface area contributed by atoms with Gasteiger partial charge in [-0.1, -0.05) is 32.6 Å². The van der Waals surface area contributed by atoms with Gasteiger partial charge in [0.15, 0.2) is 0 Å². The van der Waals surface area contributed by atoms with Crippen LogP contribution in [-0.4, -0.2) is 25.3 Å². The molecule has 1 aliphatic carbocycles. The van der Waals surface area contributed by atoms with E-state index in [0.717, 1.165) is 5.92 Å². The standard InChI is InChI=1S/C16H31NO/c1-11-12(2)18-13(3)15(11)16(17-4)14-9-7-5-6-8-10-14/h11-17H,5-10H2,1-4H3. The summed E-state index contributed by atoms with van der Waals surface area (Å²) in [6.07, 6.45) is 9.39. The van der Waals surface area contributed by atoms with Gasteiger partial charge in [-0.25, -0.2) is 0 Å². The van der Waals surface area contributed by atoms with Crippen LogP contribution in [0.15, 0.2) is 0 Å². The van der Waals surface area contributed by atoms with Gasteiger partial charge >= 0.3 is 0 Å². The van der Waals surface area contributed by atoms with Gasteiger partial charge in [0.05, 0.1) is 12.2 Å². The van der Waals surface area contributed by atoms with E-state index < -0.39 is 0 Å². The van der Waals surface area contributed by atoms with E-state index >= 15 is 0 Å². The van der Waals surface area contributed by atoms with Gasteiger partial charge in [-0.3, -0.25) is 0 Å². The molecule has 2 fully saturated rings. The Kier molecular flexibility index (Phi) is 5.08. The zero-order valence-corrected chi connectivity index (χ0v) is 12.6. The molecule has 5 atom stereocenters. The summed E-state index contributed by atoms with van der Waals surface area (Å²) < 4.78 is 6.05. The number of rotatable bonds is 3. The van der Waals surface area contributed by atoms with E-state index in [1.807, 2.05) is 0 Å². The molecule has 5 unspecified atom stereocenters. The molecule has 0 amide bonds. The van der Waals surface area contributed by atoms with Crippen molar-refractivity contribution in [3.05, 3.63) is 0 Å². The minimum absolute atomic E-state index is 0.413. The van der Waals surface area contributed by atoms with Crippen LogP contribution in [0.1, 0.15) is 59.3 Å². The first-order valence-electron chi connectivity index (χ1n) is 7.98. The molecule has 2 nitrogen and oxygen atoms in total. The van der Waals surface area contributed by atoms with Crippen LogP contribution >= 0.6 is 0 Å². The zero-order valence-electron chi connectivity index (χ0n) is 12.6. The summed E-state index contributed by atoms with van der Waals surface area (Å²) in [7, 11) is 2.15. The molecule has 1 saturated heterocycles. The Bertz CT molecular complexity index is 247. The van der Waals surface area contributed by atoms with E-state index in [2.05, 4.69) is 33.1 Å². The van der Waals surface area contributed by atoms with Gasteiger partial charge in [0, 0.05) is 12.0 Å². The molecule has 1 heterocycles. The van der Waals surface area contributed by atoms with Crippen molar-refractivity contribution in [3.8, 4) is 0 Å². The SMILES string of the molecule is CNC(C1CCCCCC1)C1C(C)OC(C)C1C. The van der Waals surface area contributed by atoms with Gasteiger partial charge in [-0.15, -0.1) is 0 Å². The molecule has 0 spiro atoms. The first-order chi connectivity index (χ1) is 8.65. The minimum atomic E-state index is 0.413. The van der Waals surface area contributed by atoms with Crippen LogP contribution in [-0.2, 0) is 4.74 Å². The lowest BCUT2D eigenvalue weighted by Crippen LogP contribution is -2.45. The third-order valence-electron chi connectivity index (χ3n) is 5.47. The zero-order chi connectivity index (χ0) is 13.1. The van der Waals surface area contributed by atoms with E-state index in [-0.39, 0.29) is 0 Å². The van der Waals surface area contributed by atoms with E-state index in [9.17, 15) is 0 Å². The summed E-state index contributed by atoms with van der Waals surface area (Å²) in [5, 5.41) is 3.64. The van der Waals surface area contributed by atoms with Gasteiger partial charge in [0.2, 0.25) is 0 Å². The molecule has 18 heavy (non-hydrogen) atoms. The molecule has 1 saturated carbocycles. The van der Waals surface area contributed by atoms with Crippen molar-refractivity contribution in [1.82, 2.24) is 5.32 Å². The number of hydrogen-bond donors (Lipinski definition) is 1. The molecule has 2 rings (SSSR count). The number of hydrogen-bond acceptors (Lipinski definition) is 2. The molecule has 1 aliphatic heterocycles. The Morgan fingerprint density at radius 2 is 1.56 bits per heavy atom. The molecule has 0 aromatic rings. The Balaban J connectivity index is 2.06. The number of nitrogens with one attached hydrogen (secondary N) is 1. The predicted octanol–water partition coefficient (Wildman–Crippen LogP) is 3.60. The van der Waals surface area contributed by atoms with Gasteiger partial charge in [0.1, 0.15) is 0 Å². The fourth-order valence-electron chi connectivity index (χ4n) is 4.33. The van der Waals surface area contributed by atoms with Gasteiger partial charge in [-0.2, -0.15) is 0 Å². The molecular weight excluding hydrogens is 222 g/mol. The molecule has 2 heteroatoms. The van der Waals surface area contributed by atoms with Crippen LogP contribution in [0.3, 0.4) is 0 Å². The minimum Gasteiger partial charge on any atom is -0.375 e. The topological polar surface area (TPSA) is 21.3 Å². The Hall–Kier alpha value is -0.0800. The van der Waals surface area contributed by atoms with Crippen LogP contribution in [0.2, 0.25) is 0 Å². The molecule has 0 aromatic heterocycles. The highest BCUT2D eigenvalue weighted by Gasteiger charge is 2.43. The van der Waals surface area contributed by atoms with Gasteiger partial charge in [0.25, 0.3) is 0 Å². The van der Waals surface area contributed by atoms with E-state index in [1.54, 1.807) is 0 Å². The second-order valence-corrected chi connectivity index (χ2v) is 6.55. The molecular formula is C16H31NO. The van der Waals surface area contributed by atoms with Gasteiger partial charge < -0.3 is 10.1 Å². The summed E-state index contributed by atoms with van der Waals surface area (Å²) in [6.45, 7) is 6.88. The number of ether oxygens (including phenoxy) is 1. The highest BCUT2D eigenvalue weighted by atomic mass is 16.5. The largest absolute Gasteiger partial charge is 0.375 e. The van der Waals surface area contributed by atoms with Crippen LogP contribution in [0.4, 0.5) is 0 Å². The van der Waals surface area contributed by atoms with Crippen molar-refractivity contribution in [3.63, 3.8) is 0 Å².